The standard InChI is InChI=1S/C64H37N3S2/c1-2-14-38(15-3-1)40-21-12-22-45(32-40)54-37-55(66-64(65-54)51-26-13-25-49-47-24-10-11-27-57(47)69-63(49)51)50-30-31-58-60(53-34-42-18-5-7-20-44(42)36-59(53)68-58)62(50)67-56-35-43-19-6-4-17-41(43)33-52(56)48-29-28-39-16-8-9-23-46(39)61(48)67/h1-37H. The average molecular weight is 912 g/mol. The van der Waals surface area contributed by atoms with Crippen molar-refractivity contribution < 1.29 is 0 Å². The second-order valence-corrected chi connectivity index (χ2v) is 20.2. The Morgan fingerprint density at radius 3 is 1.83 bits per heavy atom. The van der Waals surface area contributed by atoms with Gasteiger partial charge in [0.2, 0.25) is 0 Å². The molecule has 4 aromatic heterocycles. The quantitative estimate of drug-likeness (QED) is 0.172. The highest BCUT2D eigenvalue weighted by Crippen LogP contribution is 2.48. The third kappa shape index (κ3) is 5.98. The minimum absolute atomic E-state index is 0.704. The van der Waals surface area contributed by atoms with Crippen LogP contribution in [0.2, 0.25) is 0 Å². The maximum atomic E-state index is 5.75. The highest BCUT2D eigenvalue weighted by molar-refractivity contribution is 7.26. The molecule has 0 amide bonds. The molecule has 15 aromatic rings. The third-order valence-electron chi connectivity index (χ3n) is 14.1. The number of hydrogen-bond donors (Lipinski definition) is 0. The van der Waals surface area contributed by atoms with E-state index in [1.54, 1.807) is 0 Å². The molecule has 0 aliphatic rings. The monoisotopic (exact) mass is 911 g/mol. The number of fused-ring (bicyclic) bond motifs is 13. The Morgan fingerprint density at radius 1 is 0.333 bits per heavy atom. The van der Waals surface area contributed by atoms with Crippen molar-refractivity contribution in [3.8, 4) is 50.7 Å². The van der Waals surface area contributed by atoms with E-state index in [9.17, 15) is 0 Å². The second-order valence-electron chi connectivity index (χ2n) is 18.1. The van der Waals surface area contributed by atoms with Crippen LogP contribution in [-0.4, -0.2) is 14.5 Å². The van der Waals surface area contributed by atoms with Gasteiger partial charge in [-0.3, -0.25) is 0 Å². The molecule has 0 saturated heterocycles. The summed E-state index contributed by atoms with van der Waals surface area (Å²) >= 11 is 3.68. The van der Waals surface area contributed by atoms with Gasteiger partial charge in [0.25, 0.3) is 0 Å². The van der Waals surface area contributed by atoms with Crippen molar-refractivity contribution in [1.29, 1.82) is 0 Å². The first-order chi connectivity index (χ1) is 34.2. The topological polar surface area (TPSA) is 30.7 Å². The summed E-state index contributed by atoms with van der Waals surface area (Å²) in [5.41, 5.74) is 10.6. The fourth-order valence-electron chi connectivity index (χ4n) is 10.9. The molecule has 69 heavy (non-hydrogen) atoms. The van der Waals surface area contributed by atoms with E-state index in [0.717, 1.165) is 44.8 Å². The van der Waals surface area contributed by atoms with E-state index in [2.05, 4.69) is 229 Å². The summed E-state index contributed by atoms with van der Waals surface area (Å²) in [6, 6.07) is 82.2. The van der Waals surface area contributed by atoms with Crippen LogP contribution in [0.25, 0.3) is 145 Å². The largest absolute Gasteiger partial charge is 0.307 e. The van der Waals surface area contributed by atoms with Gasteiger partial charge in [0, 0.05) is 73.2 Å². The zero-order valence-corrected chi connectivity index (χ0v) is 38.7. The smallest absolute Gasteiger partial charge is 0.161 e. The summed E-state index contributed by atoms with van der Waals surface area (Å²) in [6.07, 6.45) is 0. The lowest BCUT2D eigenvalue weighted by molar-refractivity contribution is 1.17. The van der Waals surface area contributed by atoms with E-state index >= 15 is 0 Å². The highest BCUT2D eigenvalue weighted by Gasteiger charge is 2.25. The summed E-state index contributed by atoms with van der Waals surface area (Å²) in [5, 5.41) is 14.7. The summed E-state index contributed by atoms with van der Waals surface area (Å²) in [4.78, 5) is 11.3. The number of thiophene rings is 2. The summed E-state index contributed by atoms with van der Waals surface area (Å²) in [5.74, 6) is 0.704. The van der Waals surface area contributed by atoms with Gasteiger partial charge in [-0.25, -0.2) is 9.97 Å². The van der Waals surface area contributed by atoms with E-state index in [1.165, 1.54) is 94.5 Å². The fraction of sp³-hybridized carbons (Fsp3) is 0. The Hall–Kier alpha value is -8.48. The Labute approximate surface area is 404 Å². The molecule has 0 unspecified atom stereocenters. The van der Waals surface area contributed by atoms with Gasteiger partial charge in [0.05, 0.1) is 28.1 Å². The van der Waals surface area contributed by atoms with Crippen molar-refractivity contribution in [3.63, 3.8) is 0 Å². The number of rotatable bonds is 5. The molecule has 15 rings (SSSR count). The van der Waals surface area contributed by atoms with Crippen LogP contribution in [0.3, 0.4) is 0 Å². The summed E-state index contributed by atoms with van der Waals surface area (Å²) < 4.78 is 7.52. The SMILES string of the molecule is c1ccc(-c2cccc(-c3cc(-c4ccc5sc6cc7ccccc7cc6c5c4-n4c5cc6ccccc6cc5c5ccc6ccccc6c54)nc(-c4cccc5c4sc4ccccc45)n3)c2)cc1. The Morgan fingerprint density at radius 2 is 0.986 bits per heavy atom. The second kappa shape index (κ2) is 15.0. The van der Waals surface area contributed by atoms with Crippen molar-refractivity contribution in [3.05, 3.63) is 224 Å². The van der Waals surface area contributed by atoms with E-state index in [-0.39, 0.29) is 0 Å². The zero-order valence-electron chi connectivity index (χ0n) is 37.0. The van der Waals surface area contributed by atoms with Crippen molar-refractivity contribution in [2.75, 3.05) is 0 Å². The molecule has 0 fully saturated rings. The molecule has 0 spiro atoms. The van der Waals surface area contributed by atoms with Gasteiger partial charge in [-0.15, -0.1) is 22.7 Å². The molecule has 0 atom stereocenters. The molecule has 0 radical (unpaired) electrons. The summed E-state index contributed by atoms with van der Waals surface area (Å²) in [7, 11) is 0. The van der Waals surface area contributed by atoms with Crippen molar-refractivity contribution >= 4 is 117 Å². The normalized spacial score (nSPS) is 12.1. The van der Waals surface area contributed by atoms with Crippen molar-refractivity contribution in [2.24, 2.45) is 0 Å². The number of nitrogens with zero attached hydrogens (tertiary/aromatic N) is 3. The van der Waals surface area contributed by atoms with E-state index in [1.807, 2.05) is 22.7 Å². The maximum Gasteiger partial charge on any atom is 0.161 e. The third-order valence-corrected chi connectivity index (χ3v) is 16.5. The van der Waals surface area contributed by atoms with Gasteiger partial charge in [-0.05, 0) is 98.7 Å². The van der Waals surface area contributed by atoms with Crippen molar-refractivity contribution in [2.45, 2.75) is 0 Å². The van der Waals surface area contributed by atoms with Gasteiger partial charge in [0.15, 0.2) is 5.82 Å². The molecule has 0 aliphatic carbocycles. The Kier molecular flexibility index (Phi) is 8.40. The van der Waals surface area contributed by atoms with Gasteiger partial charge >= 0.3 is 0 Å². The van der Waals surface area contributed by atoms with Crippen LogP contribution in [0.15, 0.2) is 224 Å². The van der Waals surface area contributed by atoms with Crippen LogP contribution in [0, 0.1) is 0 Å². The van der Waals surface area contributed by atoms with Crippen LogP contribution < -0.4 is 0 Å². The van der Waals surface area contributed by atoms with E-state index in [4.69, 9.17) is 9.97 Å². The van der Waals surface area contributed by atoms with Gasteiger partial charge in [-0.1, -0.05) is 164 Å². The molecular formula is C64H37N3S2. The molecule has 0 bridgehead atoms. The Bertz CT molecular complexity index is 4610. The van der Waals surface area contributed by atoms with Gasteiger partial charge in [0.1, 0.15) is 0 Å². The molecule has 11 aromatic carbocycles. The molecule has 5 heteroatoms. The number of benzene rings is 11. The lowest BCUT2D eigenvalue weighted by Gasteiger charge is -2.18. The Balaban J connectivity index is 1.11. The fourth-order valence-corrected chi connectivity index (χ4v) is 13.3. The first-order valence-corrected chi connectivity index (χ1v) is 25.0. The molecule has 3 nitrogen and oxygen atoms in total. The molecular weight excluding hydrogens is 875 g/mol. The highest BCUT2D eigenvalue weighted by atomic mass is 32.1. The van der Waals surface area contributed by atoms with Crippen molar-refractivity contribution in [1.82, 2.24) is 14.5 Å². The minimum atomic E-state index is 0.704. The molecule has 4 heterocycles. The van der Waals surface area contributed by atoms with Crippen LogP contribution >= 0.6 is 22.7 Å². The zero-order chi connectivity index (χ0) is 45.2. The molecule has 0 saturated carbocycles. The van der Waals surface area contributed by atoms with Crippen LogP contribution in [0.5, 0.6) is 0 Å². The molecule has 320 valence electrons. The van der Waals surface area contributed by atoms with Crippen LogP contribution in [0.1, 0.15) is 0 Å². The maximum absolute atomic E-state index is 5.75. The summed E-state index contributed by atoms with van der Waals surface area (Å²) in [6.45, 7) is 0. The number of hydrogen-bond acceptors (Lipinski definition) is 4. The lowest BCUT2D eigenvalue weighted by Crippen LogP contribution is -2.02. The molecule has 0 N–H and O–H groups in total. The van der Waals surface area contributed by atoms with Crippen LogP contribution in [-0.2, 0) is 0 Å². The van der Waals surface area contributed by atoms with E-state index in [0.29, 0.717) is 5.82 Å². The molecule has 0 aliphatic heterocycles. The van der Waals surface area contributed by atoms with Gasteiger partial charge in [-0.2, -0.15) is 0 Å². The predicted molar refractivity (Wildman–Crippen MR) is 296 cm³/mol. The first kappa shape index (κ1) is 38.6. The lowest BCUT2D eigenvalue weighted by atomic mass is 9.98. The average Bonchev–Trinajstić information content (AvgIpc) is 4.08. The number of aromatic nitrogens is 3. The van der Waals surface area contributed by atoms with E-state index < -0.39 is 0 Å². The van der Waals surface area contributed by atoms with Crippen LogP contribution in [0.4, 0.5) is 0 Å². The first-order valence-electron chi connectivity index (χ1n) is 23.4. The predicted octanol–water partition coefficient (Wildman–Crippen LogP) is 18.4. The van der Waals surface area contributed by atoms with Gasteiger partial charge < -0.3 is 4.57 Å². The minimum Gasteiger partial charge on any atom is -0.307 e.